The van der Waals surface area contributed by atoms with Gasteiger partial charge in [0, 0.05) is 18.3 Å². The third kappa shape index (κ3) is 3.94. The van der Waals surface area contributed by atoms with Crippen LogP contribution in [0.4, 0.5) is 11.9 Å². The molecule has 2 rings (SSSR count). The lowest BCUT2D eigenvalue weighted by molar-refractivity contribution is 0.196. The molecule has 1 aromatic rings. The summed E-state index contributed by atoms with van der Waals surface area (Å²) >= 11 is 1.43. The van der Waals surface area contributed by atoms with E-state index >= 15 is 0 Å². The number of aromatic nitrogens is 3. The van der Waals surface area contributed by atoms with Gasteiger partial charge in [-0.3, -0.25) is 0 Å². The molecule has 1 aliphatic heterocycles. The number of piperidine rings is 1. The highest BCUT2D eigenvalue weighted by atomic mass is 32.2. The molecule has 3 N–H and O–H groups in total. The van der Waals surface area contributed by atoms with Gasteiger partial charge in [0.1, 0.15) is 0 Å². The number of nitrogen functional groups attached to an aromatic ring is 1. The molecule has 106 valence electrons. The molecule has 0 bridgehead atoms. The van der Waals surface area contributed by atoms with Crippen molar-refractivity contribution in [2.24, 2.45) is 0 Å². The summed E-state index contributed by atoms with van der Waals surface area (Å²) in [5.41, 5.74) is 5.75. The number of nitrogens with two attached hydrogens (primary N) is 1. The Bertz CT molecular complexity index is 423. The minimum atomic E-state index is -0.415. The molecule has 1 aliphatic rings. The van der Waals surface area contributed by atoms with E-state index in [1.54, 1.807) is 6.92 Å². The van der Waals surface area contributed by atoms with Crippen molar-refractivity contribution in [3.05, 3.63) is 0 Å². The van der Waals surface area contributed by atoms with Crippen LogP contribution in [0.5, 0.6) is 0 Å². The summed E-state index contributed by atoms with van der Waals surface area (Å²) in [6.45, 7) is 5.64. The molecule has 0 saturated carbocycles. The summed E-state index contributed by atoms with van der Waals surface area (Å²) in [5.74, 6) is 0.906. The van der Waals surface area contributed by atoms with Crippen molar-refractivity contribution in [3.8, 4) is 0 Å². The first-order chi connectivity index (χ1) is 9.06. The van der Waals surface area contributed by atoms with Crippen LogP contribution in [0.3, 0.4) is 0 Å². The van der Waals surface area contributed by atoms with E-state index in [1.165, 1.54) is 18.2 Å². The number of hydrogen-bond acceptors (Lipinski definition) is 7. The Kier molecular flexibility index (Phi) is 4.81. The molecular weight excluding hydrogens is 262 g/mol. The molecule has 2 unspecified atom stereocenters. The maximum atomic E-state index is 9.54. The van der Waals surface area contributed by atoms with Gasteiger partial charge in [-0.15, -0.1) is 0 Å². The van der Waals surface area contributed by atoms with Crippen LogP contribution in [0.25, 0.3) is 0 Å². The summed E-state index contributed by atoms with van der Waals surface area (Å²) < 4.78 is 0. The Labute approximate surface area is 117 Å². The number of aliphatic hydroxyl groups is 1. The quantitative estimate of drug-likeness (QED) is 0.805. The van der Waals surface area contributed by atoms with Crippen LogP contribution in [-0.4, -0.2) is 44.5 Å². The van der Waals surface area contributed by atoms with Crippen LogP contribution < -0.4 is 10.6 Å². The van der Waals surface area contributed by atoms with Crippen LogP contribution in [0.15, 0.2) is 5.16 Å². The Hall–Kier alpha value is -1.08. The van der Waals surface area contributed by atoms with Crippen LogP contribution in [0.1, 0.15) is 33.1 Å². The third-order valence-corrected chi connectivity index (χ3v) is 4.39. The molecule has 2 atom stereocenters. The smallest absolute Gasteiger partial charge is 0.231 e. The van der Waals surface area contributed by atoms with Gasteiger partial charge in [-0.1, -0.05) is 18.7 Å². The fraction of sp³-hybridized carbons (Fsp3) is 0.750. The number of nitrogens with zero attached hydrogens (tertiary/aromatic N) is 4. The topological polar surface area (TPSA) is 88.2 Å². The number of rotatable bonds is 4. The predicted octanol–water partition coefficient (Wildman–Crippen LogP) is 1.31. The van der Waals surface area contributed by atoms with Gasteiger partial charge >= 0.3 is 0 Å². The zero-order valence-electron chi connectivity index (χ0n) is 11.4. The van der Waals surface area contributed by atoms with Crippen molar-refractivity contribution in [1.29, 1.82) is 0 Å². The zero-order chi connectivity index (χ0) is 13.8. The first-order valence-electron chi connectivity index (χ1n) is 6.67. The lowest BCUT2D eigenvalue weighted by Crippen LogP contribution is -2.31. The highest BCUT2D eigenvalue weighted by Crippen LogP contribution is 2.24. The minimum Gasteiger partial charge on any atom is -0.392 e. The monoisotopic (exact) mass is 283 g/mol. The van der Waals surface area contributed by atoms with Crippen molar-refractivity contribution in [1.82, 2.24) is 15.0 Å². The number of anilines is 2. The molecule has 1 fully saturated rings. The molecule has 7 heteroatoms. The lowest BCUT2D eigenvalue weighted by Gasteiger charge is -2.26. The van der Waals surface area contributed by atoms with E-state index in [0.717, 1.165) is 25.9 Å². The molecule has 6 nitrogen and oxygen atoms in total. The normalized spacial score (nSPS) is 19.2. The van der Waals surface area contributed by atoms with Crippen molar-refractivity contribution >= 4 is 23.7 Å². The highest BCUT2D eigenvalue weighted by molar-refractivity contribution is 7.99. The fourth-order valence-corrected chi connectivity index (χ4v) is 2.72. The predicted molar refractivity (Wildman–Crippen MR) is 77.3 cm³/mol. The number of hydrogen-bond donors (Lipinski definition) is 2. The second-order valence-corrected chi connectivity index (χ2v) is 6.23. The molecular formula is C12H21N5OS. The van der Waals surface area contributed by atoms with E-state index < -0.39 is 6.10 Å². The third-order valence-electron chi connectivity index (χ3n) is 3.23. The average molecular weight is 283 g/mol. The Morgan fingerprint density at radius 1 is 1.16 bits per heavy atom. The van der Waals surface area contributed by atoms with Crippen LogP contribution in [-0.2, 0) is 0 Å². The SMILES string of the molecule is CC(O)C(C)Sc1nc(N)nc(N2CCCCC2)n1. The van der Waals surface area contributed by atoms with Gasteiger partial charge in [0.05, 0.1) is 6.10 Å². The van der Waals surface area contributed by atoms with Gasteiger partial charge in [0.2, 0.25) is 11.9 Å². The van der Waals surface area contributed by atoms with E-state index in [1.807, 2.05) is 6.92 Å². The molecule has 19 heavy (non-hydrogen) atoms. The first-order valence-corrected chi connectivity index (χ1v) is 7.55. The second kappa shape index (κ2) is 6.38. The van der Waals surface area contributed by atoms with Gasteiger partial charge in [0.25, 0.3) is 0 Å². The Morgan fingerprint density at radius 2 is 1.84 bits per heavy atom. The number of thioether (sulfide) groups is 1. The largest absolute Gasteiger partial charge is 0.392 e. The standard InChI is InChI=1S/C12H21N5OS/c1-8(18)9(2)19-12-15-10(13)14-11(16-12)17-6-4-3-5-7-17/h8-9,18H,3-7H2,1-2H3,(H2,13,14,15,16). The van der Waals surface area contributed by atoms with Crippen molar-refractivity contribution in [3.63, 3.8) is 0 Å². The van der Waals surface area contributed by atoms with Crippen LogP contribution in [0, 0.1) is 0 Å². The van der Waals surface area contributed by atoms with Gasteiger partial charge in [0.15, 0.2) is 5.16 Å². The molecule has 1 aromatic heterocycles. The summed E-state index contributed by atoms with van der Waals surface area (Å²) in [6.07, 6.45) is 3.18. The highest BCUT2D eigenvalue weighted by Gasteiger charge is 2.18. The van der Waals surface area contributed by atoms with E-state index in [9.17, 15) is 5.11 Å². The Balaban J connectivity index is 2.14. The molecule has 0 aromatic carbocycles. The van der Waals surface area contributed by atoms with Crippen molar-refractivity contribution in [2.75, 3.05) is 23.7 Å². The van der Waals surface area contributed by atoms with Crippen LogP contribution in [0.2, 0.25) is 0 Å². The van der Waals surface area contributed by atoms with E-state index in [0.29, 0.717) is 11.1 Å². The maximum Gasteiger partial charge on any atom is 0.231 e. The number of aliphatic hydroxyl groups excluding tert-OH is 1. The van der Waals surface area contributed by atoms with Gasteiger partial charge in [-0.25, -0.2) is 0 Å². The minimum absolute atomic E-state index is 0.0241. The molecule has 0 aliphatic carbocycles. The van der Waals surface area contributed by atoms with Gasteiger partial charge in [-0.2, -0.15) is 15.0 Å². The van der Waals surface area contributed by atoms with Crippen molar-refractivity contribution < 1.29 is 5.11 Å². The second-order valence-electron chi connectivity index (χ2n) is 4.89. The Morgan fingerprint density at radius 3 is 2.47 bits per heavy atom. The van der Waals surface area contributed by atoms with Crippen molar-refractivity contribution in [2.45, 2.75) is 49.6 Å². The molecule has 0 spiro atoms. The summed E-state index contributed by atoms with van der Waals surface area (Å²) in [6, 6.07) is 0. The molecule has 2 heterocycles. The van der Waals surface area contributed by atoms with E-state index in [-0.39, 0.29) is 11.2 Å². The summed E-state index contributed by atoms with van der Waals surface area (Å²) in [7, 11) is 0. The molecule has 1 saturated heterocycles. The summed E-state index contributed by atoms with van der Waals surface area (Å²) in [5, 5.41) is 10.1. The maximum absolute atomic E-state index is 9.54. The van der Waals surface area contributed by atoms with Gasteiger partial charge < -0.3 is 15.7 Å². The molecule has 0 amide bonds. The zero-order valence-corrected chi connectivity index (χ0v) is 12.2. The van der Waals surface area contributed by atoms with E-state index in [2.05, 4.69) is 19.9 Å². The molecule has 0 radical (unpaired) electrons. The fourth-order valence-electron chi connectivity index (χ4n) is 1.91. The van der Waals surface area contributed by atoms with E-state index in [4.69, 9.17) is 5.73 Å². The van der Waals surface area contributed by atoms with Gasteiger partial charge in [-0.05, 0) is 26.2 Å². The average Bonchev–Trinajstić information content (AvgIpc) is 2.39. The van der Waals surface area contributed by atoms with Crippen LogP contribution >= 0.6 is 11.8 Å². The summed E-state index contributed by atoms with van der Waals surface area (Å²) in [4.78, 5) is 15.0. The first kappa shape index (κ1) is 14.3. The lowest BCUT2D eigenvalue weighted by atomic mass is 10.1.